The Hall–Kier alpha value is -1.34. The maximum absolute atomic E-state index is 12.6. The van der Waals surface area contributed by atoms with Crippen molar-refractivity contribution in [1.29, 1.82) is 0 Å². The van der Waals surface area contributed by atoms with Crippen molar-refractivity contribution < 1.29 is 19.4 Å². The Morgan fingerprint density at radius 1 is 1.04 bits per heavy atom. The smallest absolute Gasteiger partial charge is 0.405 e. The lowest BCUT2D eigenvalue weighted by atomic mass is 10.2. The van der Waals surface area contributed by atoms with Gasteiger partial charge in [-0.25, -0.2) is 4.79 Å². The van der Waals surface area contributed by atoms with Crippen LogP contribution in [0.25, 0.3) is 0 Å². The normalized spacial score (nSPS) is 14.5. The zero-order chi connectivity index (χ0) is 21.0. The molecule has 26 heavy (non-hydrogen) atoms. The minimum absolute atomic E-state index is 0.0662. The Balaban J connectivity index is 5.84. The van der Waals surface area contributed by atoms with Crippen molar-refractivity contribution in [3.63, 3.8) is 0 Å². The van der Waals surface area contributed by atoms with E-state index in [0.29, 0.717) is 0 Å². The van der Waals surface area contributed by atoms with Crippen LogP contribution in [-0.4, -0.2) is 66.9 Å². The molecule has 0 heterocycles. The molecular formula is C19H38N2O4Si. The number of carbonyl (C=O) groups excluding carboxylic acids is 2. The largest absolute Gasteiger partial charge is 0.415 e. The highest BCUT2D eigenvalue weighted by molar-refractivity contribution is 6.81. The monoisotopic (exact) mass is 386 g/mol. The first-order valence-electron chi connectivity index (χ1n) is 9.15. The van der Waals surface area contributed by atoms with Gasteiger partial charge in [0.05, 0.1) is 13.8 Å². The van der Waals surface area contributed by atoms with E-state index in [1.54, 1.807) is 19.0 Å². The van der Waals surface area contributed by atoms with Crippen molar-refractivity contribution in [3.05, 3.63) is 11.8 Å². The van der Waals surface area contributed by atoms with Crippen molar-refractivity contribution in [1.82, 2.24) is 9.80 Å². The van der Waals surface area contributed by atoms with E-state index in [4.69, 9.17) is 4.74 Å². The Bertz CT molecular complexity index is 526. The fraction of sp³-hybridized carbons (Fsp3) is 0.789. The van der Waals surface area contributed by atoms with Crippen LogP contribution in [0.2, 0.25) is 18.1 Å². The Morgan fingerprint density at radius 2 is 1.46 bits per heavy atom. The number of aliphatic hydroxyl groups excluding tert-OH is 1. The van der Waals surface area contributed by atoms with E-state index in [9.17, 15) is 14.7 Å². The molecule has 0 aromatic carbocycles. The third-order valence-electron chi connectivity index (χ3n) is 5.12. The highest BCUT2D eigenvalue weighted by Crippen LogP contribution is 2.38. The second kappa shape index (κ2) is 9.04. The summed E-state index contributed by atoms with van der Waals surface area (Å²) in [5.74, 6) is -0.563. The first-order chi connectivity index (χ1) is 11.5. The predicted octanol–water partition coefficient (Wildman–Crippen LogP) is 3.62. The average Bonchev–Trinajstić information content (AvgIpc) is 2.43. The van der Waals surface area contributed by atoms with Gasteiger partial charge in [-0.05, 0) is 38.8 Å². The van der Waals surface area contributed by atoms with Crippen LogP contribution < -0.4 is 0 Å². The number of carbonyl (C=O) groups is 2. The predicted molar refractivity (Wildman–Crippen MR) is 109 cm³/mol. The molecule has 1 atom stereocenters. The standard InChI is InChI=1S/C19H38N2O4Si/c1-13(2)21(14(3)4)18(24)25-15(17(23)20(8)9)12-16(22)26(10,11)19(5,6)7/h12-14,16,22H,1-11H3/b15-12-. The molecule has 1 unspecified atom stereocenters. The Morgan fingerprint density at radius 3 is 1.77 bits per heavy atom. The maximum Gasteiger partial charge on any atom is 0.415 e. The SMILES string of the molecule is CC(C)N(C(=O)O/C(=C\C(O)[Si](C)(C)C(C)(C)C)C(=O)N(C)C)C(C)C. The number of likely N-dealkylation sites (N-methyl/N-ethyl adjacent to an activating group) is 1. The van der Waals surface area contributed by atoms with Crippen LogP contribution in [0, 0.1) is 0 Å². The van der Waals surface area contributed by atoms with E-state index in [1.165, 1.54) is 11.0 Å². The zero-order valence-corrected chi connectivity index (χ0v) is 19.4. The number of rotatable bonds is 6. The first-order valence-corrected chi connectivity index (χ1v) is 12.2. The van der Waals surface area contributed by atoms with Gasteiger partial charge < -0.3 is 19.6 Å². The number of aliphatic hydroxyl groups is 1. The summed E-state index contributed by atoms with van der Waals surface area (Å²) in [4.78, 5) is 28.0. The highest BCUT2D eigenvalue weighted by Gasteiger charge is 2.41. The molecule has 2 amide bonds. The minimum atomic E-state index is -2.17. The summed E-state index contributed by atoms with van der Waals surface area (Å²) in [6.07, 6.45) is 0.829. The summed E-state index contributed by atoms with van der Waals surface area (Å²) in [6, 6.07) is -0.132. The van der Waals surface area contributed by atoms with Crippen molar-refractivity contribution in [3.8, 4) is 0 Å². The number of nitrogens with zero attached hydrogens (tertiary/aromatic N) is 2. The van der Waals surface area contributed by atoms with E-state index in [0.717, 1.165) is 0 Å². The van der Waals surface area contributed by atoms with Gasteiger partial charge in [-0.2, -0.15) is 0 Å². The molecule has 0 bridgehead atoms. The second-order valence-corrected chi connectivity index (χ2v) is 14.6. The number of ether oxygens (including phenoxy) is 1. The van der Waals surface area contributed by atoms with E-state index in [-0.39, 0.29) is 22.9 Å². The van der Waals surface area contributed by atoms with E-state index >= 15 is 0 Å². The Labute approximate surface area is 160 Å². The molecule has 0 spiro atoms. The molecule has 0 rings (SSSR count). The topological polar surface area (TPSA) is 70.1 Å². The van der Waals surface area contributed by atoms with Crippen molar-refractivity contribution in [2.75, 3.05) is 14.1 Å². The van der Waals surface area contributed by atoms with Crippen LogP contribution in [0.4, 0.5) is 4.79 Å². The average molecular weight is 387 g/mol. The number of amides is 2. The molecular weight excluding hydrogens is 348 g/mol. The van der Waals surface area contributed by atoms with E-state index in [2.05, 4.69) is 33.9 Å². The lowest BCUT2D eigenvalue weighted by Crippen LogP contribution is -2.49. The van der Waals surface area contributed by atoms with Crippen LogP contribution in [0.1, 0.15) is 48.5 Å². The molecule has 0 radical (unpaired) electrons. The summed E-state index contributed by atoms with van der Waals surface area (Å²) in [5.41, 5.74) is -0.819. The van der Waals surface area contributed by atoms with Gasteiger partial charge in [-0.3, -0.25) is 4.79 Å². The van der Waals surface area contributed by atoms with Gasteiger partial charge in [0.25, 0.3) is 5.91 Å². The molecule has 0 aliphatic rings. The molecule has 6 nitrogen and oxygen atoms in total. The van der Waals surface area contributed by atoms with E-state index in [1.807, 2.05) is 27.7 Å². The van der Waals surface area contributed by atoms with Gasteiger partial charge in [0, 0.05) is 26.2 Å². The fourth-order valence-corrected chi connectivity index (χ4v) is 3.78. The lowest BCUT2D eigenvalue weighted by molar-refractivity contribution is -0.127. The van der Waals surface area contributed by atoms with Gasteiger partial charge >= 0.3 is 6.09 Å². The van der Waals surface area contributed by atoms with Crippen LogP contribution in [0.15, 0.2) is 11.8 Å². The van der Waals surface area contributed by atoms with Crippen molar-refractivity contribution >= 4 is 20.1 Å². The van der Waals surface area contributed by atoms with Crippen LogP contribution in [-0.2, 0) is 9.53 Å². The second-order valence-electron chi connectivity index (χ2n) is 9.11. The molecule has 0 saturated heterocycles. The quantitative estimate of drug-likeness (QED) is 0.430. The third kappa shape index (κ3) is 6.12. The summed E-state index contributed by atoms with van der Waals surface area (Å²) in [7, 11) is 1.01. The Kier molecular flexibility index (Phi) is 8.57. The fourth-order valence-electron chi connectivity index (χ4n) is 2.33. The number of hydrogen-bond acceptors (Lipinski definition) is 4. The van der Waals surface area contributed by atoms with Gasteiger partial charge in [-0.1, -0.05) is 33.9 Å². The molecule has 0 fully saturated rings. The minimum Gasteiger partial charge on any atom is -0.405 e. The summed E-state index contributed by atoms with van der Waals surface area (Å²) in [5, 5.41) is 10.7. The molecule has 7 heteroatoms. The van der Waals surface area contributed by atoms with Gasteiger partial charge in [-0.15, -0.1) is 0 Å². The molecule has 0 aromatic rings. The van der Waals surface area contributed by atoms with Crippen molar-refractivity contribution in [2.45, 2.75) is 84.4 Å². The maximum atomic E-state index is 12.6. The lowest BCUT2D eigenvalue weighted by Gasteiger charge is -2.39. The van der Waals surface area contributed by atoms with Crippen LogP contribution in [0.5, 0.6) is 0 Å². The summed E-state index contributed by atoms with van der Waals surface area (Å²) < 4.78 is 5.46. The molecule has 0 aliphatic carbocycles. The molecule has 0 saturated carbocycles. The highest BCUT2D eigenvalue weighted by atomic mass is 28.3. The van der Waals surface area contributed by atoms with Gasteiger partial charge in [0.15, 0.2) is 5.76 Å². The van der Waals surface area contributed by atoms with Gasteiger partial charge in [0.1, 0.15) is 0 Å². The molecule has 0 aliphatic heterocycles. The summed E-state index contributed by atoms with van der Waals surface area (Å²) >= 11 is 0. The van der Waals surface area contributed by atoms with Gasteiger partial charge in [0.2, 0.25) is 0 Å². The molecule has 152 valence electrons. The first kappa shape index (κ1) is 24.7. The zero-order valence-electron chi connectivity index (χ0n) is 18.4. The molecule has 0 aromatic heterocycles. The summed E-state index contributed by atoms with van der Waals surface area (Å²) in [6.45, 7) is 17.9. The van der Waals surface area contributed by atoms with E-state index < -0.39 is 25.8 Å². The van der Waals surface area contributed by atoms with Crippen molar-refractivity contribution in [2.24, 2.45) is 0 Å². The number of hydrogen-bond donors (Lipinski definition) is 1. The third-order valence-corrected chi connectivity index (χ3v) is 10.6. The van der Waals surface area contributed by atoms with Crippen LogP contribution in [0.3, 0.4) is 0 Å². The molecule has 1 N–H and O–H groups in total. The van der Waals surface area contributed by atoms with Crippen LogP contribution >= 0.6 is 0 Å².